The van der Waals surface area contributed by atoms with Gasteiger partial charge >= 0.3 is 0 Å². The Kier molecular flexibility index (Phi) is 3.96. The van der Waals surface area contributed by atoms with Gasteiger partial charge in [0.15, 0.2) is 5.78 Å². The number of imide groups is 1. The van der Waals surface area contributed by atoms with Crippen molar-refractivity contribution in [3.05, 3.63) is 69.2 Å². The lowest BCUT2D eigenvalue weighted by Gasteiger charge is -2.35. The van der Waals surface area contributed by atoms with Crippen molar-refractivity contribution in [3.63, 3.8) is 0 Å². The molecule has 4 atom stereocenters. The summed E-state index contributed by atoms with van der Waals surface area (Å²) in [7, 11) is 0. The van der Waals surface area contributed by atoms with E-state index < -0.39 is 17.9 Å². The molecule has 3 aliphatic heterocycles. The van der Waals surface area contributed by atoms with Crippen LogP contribution in [0.5, 0.6) is 0 Å². The second-order valence-electron chi connectivity index (χ2n) is 7.18. The van der Waals surface area contributed by atoms with Crippen molar-refractivity contribution in [2.24, 2.45) is 11.8 Å². The number of nitrogens with one attached hydrogen (secondary N) is 1. The van der Waals surface area contributed by atoms with E-state index in [1.54, 1.807) is 30.3 Å². The molecule has 5 nitrogen and oxygen atoms in total. The molecule has 0 aromatic heterocycles. The van der Waals surface area contributed by atoms with Crippen molar-refractivity contribution < 1.29 is 14.4 Å². The molecule has 1 N–H and O–H groups in total. The normalized spacial score (nSPS) is 27.3. The predicted octanol–water partition coefficient (Wildman–Crippen LogP) is 3.46. The Labute approximate surface area is 174 Å². The molecular formula is C21H14BrClN2O3. The van der Waals surface area contributed by atoms with Crippen LogP contribution in [-0.4, -0.2) is 29.7 Å². The van der Waals surface area contributed by atoms with Gasteiger partial charge in [-0.3, -0.25) is 19.7 Å². The van der Waals surface area contributed by atoms with Crippen molar-refractivity contribution in [3.8, 4) is 0 Å². The zero-order valence-corrected chi connectivity index (χ0v) is 16.8. The molecule has 2 saturated heterocycles. The quantitative estimate of drug-likeness (QED) is 0.554. The van der Waals surface area contributed by atoms with Gasteiger partial charge in [-0.2, -0.15) is 0 Å². The number of carbonyl (C=O) groups excluding carboxylic acids is 3. The fourth-order valence-electron chi connectivity index (χ4n) is 4.55. The van der Waals surface area contributed by atoms with Crippen LogP contribution in [0, 0.1) is 11.8 Å². The van der Waals surface area contributed by atoms with Crippen LogP contribution in [0.25, 0.3) is 6.08 Å². The van der Waals surface area contributed by atoms with Crippen LogP contribution in [0.1, 0.15) is 15.9 Å². The summed E-state index contributed by atoms with van der Waals surface area (Å²) >= 11 is 9.50. The van der Waals surface area contributed by atoms with Gasteiger partial charge in [-0.25, -0.2) is 0 Å². The average Bonchev–Trinajstić information content (AvgIpc) is 3.17. The van der Waals surface area contributed by atoms with Crippen molar-refractivity contribution >= 4 is 56.9 Å². The number of halogens is 2. The van der Waals surface area contributed by atoms with E-state index in [0.717, 1.165) is 15.7 Å². The number of ketones is 1. The Hall–Kier alpha value is -2.44. The highest BCUT2D eigenvalue weighted by Crippen LogP contribution is 2.47. The first-order chi connectivity index (χ1) is 13.5. The molecule has 0 saturated carbocycles. The van der Waals surface area contributed by atoms with Gasteiger partial charge in [0, 0.05) is 20.7 Å². The summed E-state index contributed by atoms with van der Waals surface area (Å²) in [4.78, 5) is 40.5. The molecular weight excluding hydrogens is 444 g/mol. The van der Waals surface area contributed by atoms with Crippen LogP contribution >= 0.6 is 27.5 Å². The smallest absolute Gasteiger partial charge is 0.233 e. The Balaban J connectivity index is 1.66. The molecule has 0 radical (unpaired) electrons. The molecule has 0 bridgehead atoms. The number of rotatable bonds is 2. The molecule has 2 fully saturated rings. The minimum atomic E-state index is -0.757. The van der Waals surface area contributed by atoms with Gasteiger partial charge in [0.2, 0.25) is 11.8 Å². The van der Waals surface area contributed by atoms with E-state index in [1.165, 1.54) is 0 Å². The minimum absolute atomic E-state index is 0.175. The summed E-state index contributed by atoms with van der Waals surface area (Å²) in [5.41, 5.74) is 2.18. The SMILES string of the molecule is O=C1NC(=O)[C@H]2[C@@H]1[C@@H]1C=Cc3cc(Cl)ccc3N1[C@H]2C(=O)c1ccc(Br)cc1. The summed E-state index contributed by atoms with van der Waals surface area (Å²) in [5.74, 6) is -2.19. The number of hydrogen-bond acceptors (Lipinski definition) is 4. The average molecular weight is 458 g/mol. The Bertz CT molecular complexity index is 1070. The van der Waals surface area contributed by atoms with Crippen LogP contribution in [0.2, 0.25) is 5.02 Å². The lowest BCUT2D eigenvalue weighted by atomic mass is 9.86. The van der Waals surface area contributed by atoms with Gasteiger partial charge in [0.05, 0.1) is 17.9 Å². The Morgan fingerprint density at radius 1 is 1.04 bits per heavy atom. The molecule has 2 aromatic carbocycles. The summed E-state index contributed by atoms with van der Waals surface area (Å²) in [5, 5.41) is 3.00. The monoisotopic (exact) mass is 456 g/mol. The van der Waals surface area contributed by atoms with Crippen molar-refractivity contribution in [2.75, 3.05) is 4.90 Å². The summed E-state index contributed by atoms with van der Waals surface area (Å²) in [6, 6.07) is 11.4. The summed E-state index contributed by atoms with van der Waals surface area (Å²) in [6.45, 7) is 0. The minimum Gasteiger partial charge on any atom is -0.352 e. The fraction of sp³-hybridized carbons (Fsp3) is 0.190. The number of benzene rings is 2. The lowest BCUT2D eigenvalue weighted by Crippen LogP contribution is -2.47. The summed E-state index contributed by atoms with van der Waals surface area (Å²) in [6.07, 6.45) is 3.80. The van der Waals surface area contributed by atoms with Gasteiger partial charge in [0.25, 0.3) is 0 Å². The molecule has 0 spiro atoms. The number of carbonyl (C=O) groups is 3. The van der Waals surface area contributed by atoms with E-state index >= 15 is 0 Å². The third kappa shape index (κ3) is 2.48. The van der Waals surface area contributed by atoms with Crippen LogP contribution in [0.15, 0.2) is 53.0 Å². The van der Waals surface area contributed by atoms with E-state index in [0.29, 0.717) is 10.6 Å². The van der Waals surface area contributed by atoms with Gasteiger partial charge in [0.1, 0.15) is 6.04 Å². The number of Topliss-reactive ketones (excluding diaryl/α,β-unsaturated/α-hetero) is 1. The fourth-order valence-corrected chi connectivity index (χ4v) is 4.99. The van der Waals surface area contributed by atoms with Crippen molar-refractivity contribution in [1.29, 1.82) is 0 Å². The molecule has 5 rings (SSSR count). The molecule has 2 amide bonds. The maximum Gasteiger partial charge on any atom is 0.233 e. The van der Waals surface area contributed by atoms with Crippen molar-refractivity contribution in [2.45, 2.75) is 12.1 Å². The third-order valence-corrected chi connectivity index (χ3v) is 6.47. The highest BCUT2D eigenvalue weighted by atomic mass is 79.9. The molecule has 0 aliphatic carbocycles. The molecule has 0 unspecified atom stereocenters. The highest BCUT2D eigenvalue weighted by molar-refractivity contribution is 9.10. The number of amides is 2. The van der Waals surface area contributed by atoms with Crippen LogP contribution < -0.4 is 10.2 Å². The van der Waals surface area contributed by atoms with E-state index in [-0.39, 0.29) is 23.6 Å². The number of fused-ring (bicyclic) bond motifs is 5. The predicted molar refractivity (Wildman–Crippen MR) is 109 cm³/mol. The largest absolute Gasteiger partial charge is 0.352 e. The zero-order chi connectivity index (χ0) is 19.6. The Morgan fingerprint density at radius 2 is 1.75 bits per heavy atom. The number of anilines is 1. The van der Waals surface area contributed by atoms with E-state index in [9.17, 15) is 14.4 Å². The molecule has 7 heteroatoms. The second kappa shape index (κ2) is 6.29. The highest BCUT2D eigenvalue weighted by Gasteiger charge is 2.61. The van der Waals surface area contributed by atoms with Gasteiger partial charge < -0.3 is 4.90 Å². The standard InChI is InChI=1S/C21H14BrClN2O3/c22-12-4-1-10(2-5-12)19(26)18-17-16(20(27)24-21(17)28)15-7-3-11-9-13(23)6-8-14(11)25(15)18/h1-9,15-18H,(H,24,27,28)/t15-,16-,17-,18+/m0/s1. The van der Waals surface area contributed by atoms with Crippen LogP contribution in [0.4, 0.5) is 5.69 Å². The first kappa shape index (κ1) is 17.6. The number of hydrogen-bond donors (Lipinski definition) is 1. The molecule has 2 aromatic rings. The Morgan fingerprint density at radius 3 is 2.50 bits per heavy atom. The van der Waals surface area contributed by atoms with E-state index in [2.05, 4.69) is 21.2 Å². The van der Waals surface area contributed by atoms with Crippen LogP contribution in [-0.2, 0) is 9.59 Å². The first-order valence-electron chi connectivity index (χ1n) is 8.86. The van der Waals surface area contributed by atoms with Gasteiger partial charge in [-0.1, -0.05) is 51.8 Å². The van der Waals surface area contributed by atoms with Crippen molar-refractivity contribution in [1.82, 2.24) is 5.32 Å². The van der Waals surface area contributed by atoms with Gasteiger partial charge in [-0.15, -0.1) is 0 Å². The van der Waals surface area contributed by atoms with Gasteiger partial charge in [-0.05, 0) is 35.9 Å². The van der Waals surface area contributed by atoms with E-state index in [4.69, 9.17) is 11.6 Å². The first-order valence-corrected chi connectivity index (χ1v) is 10.0. The third-order valence-electron chi connectivity index (χ3n) is 5.71. The van der Waals surface area contributed by atoms with E-state index in [1.807, 2.05) is 29.2 Å². The second-order valence-corrected chi connectivity index (χ2v) is 8.53. The number of nitrogens with zero attached hydrogens (tertiary/aromatic N) is 1. The lowest BCUT2D eigenvalue weighted by molar-refractivity contribution is -0.126. The van der Waals surface area contributed by atoms with Crippen LogP contribution in [0.3, 0.4) is 0 Å². The molecule has 3 heterocycles. The summed E-state index contributed by atoms with van der Waals surface area (Å²) < 4.78 is 0.862. The topological polar surface area (TPSA) is 66.5 Å². The molecule has 28 heavy (non-hydrogen) atoms. The zero-order valence-electron chi connectivity index (χ0n) is 14.4. The molecule has 140 valence electrons. The maximum absolute atomic E-state index is 13.5. The molecule has 3 aliphatic rings. The maximum atomic E-state index is 13.5.